The van der Waals surface area contributed by atoms with E-state index in [-0.39, 0.29) is 5.91 Å². The molecule has 1 amide bonds. The number of aryl methyl sites for hydroxylation is 1. The lowest BCUT2D eigenvalue weighted by Crippen LogP contribution is -2.25. The van der Waals surface area contributed by atoms with Gasteiger partial charge in [-0.05, 0) is 39.0 Å². The molecule has 3 nitrogen and oxygen atoms in total. The predicted molar refractivity (Wildman–Crippen MR) is 73.2 cm³/mol. The van der Waals surface area contributed by atoms with Gasteiger partial charge in [-0.1, -0.05) is 24.3 Å². The molecule has 0 saturated heterocycles. The first-order valence-corrected chi connectivity index (χ1v) is 5.86. The fourth-order valence-electron chi connectivity index (χ4n) is 1.31. The number of carbonyl (C=O) groups excluding carboxylic acids is 1. The Balaban J connectivity index is 2.46. The number of benzene rings is 1. The van der Waals surface area contributed by atoms with Gasteiger partial charge in [0.2, 0.25) is 0 Å². The average molecular weight is 245 g/mol. The van der Waals surface area contributed by atoms with E-state index >= 15 is 0 Å². The van der Waals surface area contributed by atoms with Crippen LogP contribution >= 0.6 is 0 Å². The highest BCUT2D eigenvalue weighted by Gasteiger charge is 2.05. The van der Waals surface area contributed by atoms with E-state index in [0.717, 1.165) is 11.3 Å². The van der Waals surface area contributed by atoms with E-state index in [0.29, 0.717) is 17.9 Å². The van der Waals surface area contributed by atoms with E-state index in [4.69, 9.17) is 4.74 Å². The van der Waals surface area contributed by atoms with Crippen LogP contribution in [0.2, 0.25) is 0 Å². The molecule has 0 heterocycles. The van der Waals surface area contributed by atoms with Crippen molar-refractivity contribution in [3.63, 3.8) is 0 Å². The predicted octanol–water partition coefficient (Wildman–Crippen LogP) is 3.18. The van der Waals surface area contributed by atoms with Crippen LogP contribution in [0.15, 0.2) is 48.4 Å². The Bertz CT molecular complexity index is 458. The Morgan fingerprint density at radius 2 is 2.00 bits per heavy atom. The van der Waals surface area contributed by atoms with Crippen molar-refractivity contribution in [2.24, 2.45) is 0 Å². The standard InChI is InChI=1S/C15H19NO2/c1-5-12(3)18-13(4)10-16-15(17)14-8-6-11(2)7-9-14/h5-9H,4,10H2,1-3H3,(H,16,17)/b12-5-. The largest absolute Gasteiger partial charge is 0.465 e. The van der Waals surface area contributed by atoms with Crippen LogP contribution in [-0.4, -0.2) is 12.5 Å². The van der Waals surface area contributed by atoms with Gasteiger partial charge >= 0.3 is 0 Å². The molecule has 0 radical (unpaired) electrons. The van der Waals surface area contributed by atoms with Crippen LogP contribution in [0.5, 0.6) is 0 Å². The molecular formula is C15H19NO2. The zero-order valence-corrected chi connectivity index (χ0v) is 11.1. The lowest BCUT2D eigenvalue weighted by molar-refractivity contribution is 0.0951. The van der Waals surface area contributed by atoms with Crippen molar-refractivity contribution >= 4 is 5.91 Å². The van der Waals surface area contributed by atoms with Crippen molar-refractivity contribution in [3.8, 4) is 0 Å². The summed E-state index contributed by atoms with van der Waals surface area (Å²) in [5.74, 6) is 1.16. The number of hydrogen-bond donors (Lipinski definition) is 1. The van der Waals surface area contributed by atoms with Crippen LogP contribution in [0.25, 0.3) is 0 Å². The van der Waals surface area contributed by atoms with Gasteiger partial charge in [0.25, 0.3) is 5.91 Å². The summed E-state index contributed by atoms with van der Waals surface area (Å²) in [5, 5.41) is 2.76. The summed E-state index contributed by atoms with van der Waals surface area (Å²) in [6.07, 6.45) is 1.84. The molecule has 0 aromatic heterocycles. The SMILES string of the molecule is C=C(CNC(=O)c1ccc(C)cc1)O/C(C)=C\C. The van der Waals surface area contributed by atoms with E-state index < -0.39 is 0 Å². The quantitative estimate of drug-likeness (QED) is 0.809. The molecule has 0 unspecified atom stereocenters. The second-order valence-electron chi connectivity index (χ2n) is 4.09. The highest BCUT2D eigenvalue weighted by atomic mass is 16.5. The number of carbonyl (C=O) groups is 1. The van der Waals surface area contributed by atoms with Gasteiger partial charge in [0, 0.05) is 5.56 Å². The maximum absolute atomic E-state index is 11.8. The number of allylic oxidation sites excluding steroid dienone is 2. The molecule has 0 fully saturated rings. The van der Waals surface area contributed by atoms with E-state index in [1.807, 2.05) is 39.0 Å². The number of amides is 1. The third-order valence-electron chi connectivity index (χ3n) is 2.47. The van der Waals surface area contributed by atoms with Gasteiger partial charge in [0.15, 0.2) is 0 Å². The molecule has 1 aromatic rings. The number of hydrogen-bond acceptors (Lipinski definition) is 2. The van der Waals surface area contributed by atoms with Crippen molar-refractivity contribution in [2.45, 2.75) is 20.8 Å². The van der Waals surface area contributed by atoms with Crippen molar-refractivity contribution < 1.29 is 9.53 Å². The van der Waals surface area contributed by atoms with Gasteiger partial charge in [-0.3, -0.25) is 4.79 Å². The first-order chi connectivity index (χ1) is 8.52. The van der Waals surface area contributed by atoms with E-state index in [9.17, 15) is 4.79 Å². The molecule has 0 bridgehead atoms. The molecule has 1 rings (SSSR count). The Morgan fingerprint density at radius 1 is 1.39 bits per heavy atom. The Labute approximate surface area is 108 Å². The molecule has 1 N–H and O–H groups in total. The Kier molecular flexibility index (Phi) is 5.18. The summed E-state index contributed by atoms with van der Waals surface area (Å²) in [5.41, 5.74) is 1.76. The molecule has 18 heavy (non-hydrogen) atoms. The van der Waals surface area contributed by atoms with Crippen molar-refractivity contribution in [1.82, 2.24) is 5.32 Å². The summed E-state index contributed by atoms with van der Waals surface area (Å²) in [6, 6.07) is 7.41. The minimum atomic E-state index is -0.127. The fraction of sp³-hybridized carbons (Fsp3) is 0.267. The summed E-state index contributed by atoms with van der Waals surface area (Å²) in [7, 11) is 0. The second-order valence-corrected chi connectivity index (χ2v) is 4.09. The topological polar surface area (TPSA) is 38.3 Å². The highest BCUT2D eigenvalue weighted by Crippen LogP contribution is 2.05. The lowest BCUT2D eigenvalue weighted by atomic mass is 10.1. The van der Waals surface area contributed by atoms with Gasteiger partial charge in [0.05, 0.1) is 12.3 Å². The normalized spacial score (nSPS) is 10.9. The van der Waals surface area contributed by atoms with Crippen molar-refractivity contribution in [2.75, 3.05) is 6.54 Å². The second kappa shape index (κ2) is 6.64. The molecule has 0 saturated carbocycles. The van der Waals surface area contributed by atoms with Crippen LogP contribution in [0, 0.1) is 6.92 Å². The summed E-state index contributed by atoms with van der Waals surface area (Å²) < 4.78 is 5.36. The van der Waals surface area contributed by atoms with Gasteiger partial charge in [-0.15, -0.1) is 0 Å². The summed E-state index contributed by atoms with van der Waals surface area (Å²) >= 11 is 0. The third-order valence-corrected chi connectivity index (χ3v) is 2.47. The van der Waals surface area contributed by atoms with Gasteiger partial charge < -0.3 is 10.1 Å². The monoisotopic (exact) mass is 245 g/mol. The fourth-order valence-corrected chi connectivity index (χ4v) is 1.31. The molecule has 96 valence electrons. The average Bonchev–Trinajstić information content (AvgIpc) is 2.36. The molecular weight excluding hydrogens is 226 g/mol. The van der Waals surface area contributed by atoms with E-state index in [1.165, 1.54) is 0 Å². The van der Waals surface area contributed by atoms with Crippen LogP contribution in [0.1, 0.15) is 29.8 Å². The number of rotatable bonds is 5. The third kappa shape index (κ3) is 4.45. The van der Waals surface area contributed by atoms with E-state index in [2.05, 4.69) is 11.9 Å². The van der Waals surface area contributed by atoms with Crippen molar-refractivity contribution in [1.29, 1.82) is 0 Å². The molecule has 3 heteroatoms. The molecule has 0 spiro atoms. The minimum absolute atomic E-state index is 0.127. The van der Waals surface area contributed by atoms with Crippen LogP contribution in [-0.2, 0) is 4.74 Å². The van der Waals surface area contributed by atoms with Gasteiger partial charge in [0.1, 0.15) is 5.76 Å². The Hall–Kier alpha value is -2.03. The zero-order valence-electron chi connectivity index (χ0n) is 11.1. The first kappa shape index (κ1) is 14.0. The first-order valence-electron chi connectivity index (χ1n) is 5.86. The smallest absolute Gasteiger partial charge is 0.251 e. The highest BCUT2D eigenvalue weighted by molar-refractivity contribution is 5.94. The molecule has 0 aliphatic carbocycles. The molecule has 0 aliphatic rings. The van der Waals surface area contributed by atoms with Crippen LogP contribution < -0.4 is 5.32 Å². The maximum Gasteiger partial charge on any atom is 0.251 e. The summed E-state index contributed by atoms with van der Waals surface area (Å²) in [4.78, 5) is 11.8. The molecule has 0 atom stereocenters. The number of nitrogens with one attached hydrogen (secondary N) is 1. The lowest BCUT2D eigenvalue weighted by Gasteiger charge is -2.10. The van der Waals surface area contributed by atoms with Gasteiger partial charge in [-0.2, -0.15) is 0 Å². The zero-order chi connectivity index (χ0) is 13.5. The number of ether oxygens (including phenoxy) is 1. The maximum atomic E-state index is 11.8. The molecule has 0 aliphatic heterocycles. The van der Waals surface area contributed by atoms with Crippen molar-refractivity contribution in [3.05, 3.63) is 59.6 Å². The Morgan fingerprint density at radius 3 is 2.56 bits per heavy atom. The minimum Gasteiger partial charge on any atom is -0.465 e. The summed E-state index contributed by atoms with van der Waals surface area (Å²) in [6.45, 7) is 9.75. The van der Waals surface area contributed by atoms with Gasteiger partial charge in [-0.25, -0.2) is 0 Å². The van der Waals surface area contributed by atoms with Crippen LogP contribution in [0.3, 0.4) is 0 Å². The van der Waals surface area contributed by atoms with E-state index in [1.54, 1.807) is 12.1 Å². The van der Waals surface area contributed by atoms with Crippen LogP contribution in [0.4, 0.5) is 0 Å². The molecule has 1 aromatic carbocycles.